The van der Waals surface area contributed by atoms with Crippen molar-refractivity contribution in [1.29, 1.82) is 0 Å². The summed E-state index contributed by atoms with van der Waals surface area (Å²) in [6.07, 6.45) is -3.63. The highest BCUT2D eigenvalue weighted by Gasteiger charge is 2.27. The Labute approximate surface area is 154 Å². The Balaban J connectivity index is 1.88. The molecule has 1 amide bonds. The van der Waals surface area contributed by atoms with Gasteiger partial charge in [-0.25, -0.2) is 4.68 Å². The second kappa shape index (κ2) is 9.31. The predicted molar refractivity (Wildman–Crippen MR) is 92.1 cm³/mol. The number of benzene rings is 1. The fourth-order valence-corrected chi connectivity index (χ4v) is 2.25. The molecule has 1 aromatic heterocycles. The van der Waals surface area contributed by atoms with Gasteiger partial charge >= 0.3 is 6.18 Å². The molecule has 0 saturated carbocycles. The zero-order valence-electron chi connectivity index (χ0n) is 14.8. The lowest BCUT2D eigenvalue weighted by Gasteiger charge is -2.09. The molecule has 0 unspecified atom stereocenters. The predicted octanol–water partition coefficient (Wildman–Crippen LogP) is 2.66. The summed E-state index contributed by atoms with van der Waals surface area (Å²) in [6, 6.07) is 9.32. The molecule has 0 fully saturated rings. The van der Waals surface area contributed by atoms with Gasteiger partial charge in [0.05, 0.1) is 6.61 Å². The molecule has 9 heteroatoms. The first-order valence-corrected chi connectivity index (χ1v) is 8.37. The third-order valence-electron chi connectivity index (χ3n) is 3.55. The topological polar surface area (TPSA) is 73.2 Å². The first-order chi connectivity index (χ1) is 12.8. The number of aromatic nitrogens is 2. The van der Waals surface area contributed by atoms with Gasteiger partial charge in [-0.3, -0.25) is 9.59 Å². The van der Waals surface area contributed by atoms with E-state index in [1.54, 1.807) is 24.3 Å². The molecule has 2 aromatic rings. The largest absolute Gasteiger partial charge is 0.411 e. The SMILES string of the molecule is CCCn1nc(C(=O)NCc2ccc(COCC(F)(F)F)cc2)ccc1=O. The molecule has 0 saturated heterocycles. The lowest BCUT2D eigenvalue weighted by atomic mass is 10.1. The number of hydrogen-bond acceptors (Lipinski definition) is 4. The molecule has 0 spiro atoms. The van der Waals surface area contributed by atoms with Gasteiger partial charge in [0.1, 0.15) is 12.3 Å². The van der Waals surface area contributed by atoms with Crippen molar-refractivity contribution in [2.24, 2.45) is 0 Å². The highest BCUT2D eigenvalue weighted by molar-refractivity contribution is 5.91. The van der Waals surface area contributed by atoms with Crippen LogP contribution in [-0.4, -0.2) is 28.5 Å². The van der Waals surface area contributed by atoms with Gasteiger partial charge in [-0.05, 0) is 23.6 Å². The summed E-state index contributed by atoms with van der Waals surface area (Å²) < 4.78 is 41.9. The summed E-state index contributed by atoms with van der Waals surface area (Å²) in [5.74, 6) is -0.419. The van der Waals surface area contributed by atoms with Gasteiger partial charge in [-0.15, -0.1) is 0 Å². The zero-order valence-corrected chi connectivity index (χ0v) is 14.8. The third kappa shape index (κ3) is 6.86. The Bertz CT molecular complexity index is 817. The van der Waals surface area contributed by atoms with Crippen LogP contribution in [0.1, 0.15) is 35.0 Å². The van der Waals surface area contributed by atoms with Crippen molar-refractivity contribution < 1.29 is 22.7 Å². The number of aryl methyl sites for hydroxylation is 1. The van der Waals surface area contributed by atoms with E-state index in [1.165, 1.54) is 16.8 Å². The van der Waals surface area contributed by atoms with Crippen LogP contribution in [0.2, 0.25) is 0 Å². The van der Waals surface area contributed by atoms with Crippen molar-refractivity contribution in [1.82, 2.24) is 15.1 Å². The van der Waals surface area contributed by atoms with Crippen LogP contribution in [0.15, 0.2) is 41.2 Å². The summed E-state index contributed by atoms with van der Waals surface area (Å²) in [5, 5.41) is 6.72. The van der Waals surface area contributed by atoms with Crippen LogP contribution < -0.4 is 10.9 Å². The maximum absolute atomic E-state index is 12.2. The van der Waals surface area contributed by atoms with E-state index < -0.39 is 18.7 Å². The molecule has 0 aliphatic carbocycles. The number of carbonyl (C=O) groups excluding carboxylic acids is 1. The molecule has 2 rings (SSSR count). The van der Waals surface area contributed by atoms with E-state index in [9.17, 15) is 22.8 Å². The van der Waals surface area contributed by atoms with E-state index in [4.69, 9.17) is 0 Å². The van der Waals surface area contributed by atoms with Crippen LogP contribution in [0.25, 0.3) is 0 Å². The quantitative estimate of drug-likeness (QED) is 0.761. The smallest absolute Gasteiger partial charge is 0.367 e. The molecule has 0 atom stereocenters. The van der Waals surface area contributed by atoms with Crippen LogP contribution >= 0.6 is 0 Å². The molecule has 146 valence electrons. The molecule has 0 aliphatic rings. The second-order valence-electron chi connectivity index (χ2n) is 5.89. The van der Waals surface area contributed by atoms with E-state index in [-0.39, 0.29) is 24.4 Å². The minimum Gasteiger partial charge on any atom is -0.367 e. The average molecular weight is 383 g/mol. The van der Waals surface area contributed by atoms with Crippen LogP contribution in [0.4, 0.5) is 13.2 Å². The van der Waals surface area contributed by atoms with Crippen molar-refractivity contribution in [3.63, 3.8) is 0 Å². The molecule has 1 aromatic carbocycles. The van der Waals surface area contributed by atoms with E-state index >= 15 is 0 Å². The van der Waals surface area contributed by atoms with E-state index in [1.807, 2.05) is 6.92 Å². The van der Waals surface area contributed by atoms with Gasteiger partial charge in [-0.2, -0.15) is 18.3 Å². The van der Waals surface area contributed by atoms with Crippen LogP contribution in [0, 0.1) is 0 Å². The summed E-state index contributed by atoms with van der Waals surface area (Å²) >= 11 is 0. The van der Waals surface area contributed by atoms with E-state index in [0.717, 1.165) is 12.0 Å². The number of ether oxygens (including phenoxy) is 1. The summed E-state index contributed by atoms with van der Waals surface area (Å²) in [7, 11) is 0. The zero-order chi connectivity index (χ0) is 19.9. The first kappa shape index (κ1) is 20.6. The lowest BCUT2D eigenvalue weighted by molar-refractivity contribution is -0.176. The molecule has 0 aliphatic heterocycles. The van der Waals surface area contributed by atoms with Gasteiger partial charge in [0.15, 0.2) is 0 Å². The molecule has 1 heterocycles. The fraction of sp³-hybridized carbons (Fsp3) is 0.389. The standard InChI is InChI=1S/C18H20F3N3O3/c1-2-9-24-16(25)8-7-15(23-24)17(26)22-10-13-3-5-14(6-4-13)11-27-12-18(19,20)21/h3-8H,2,9-12H2,1H3,(H,22,26). The van der Waals surface area contributed by atoms with Crippen molar-refractivity contribution in [3.05, 3.63) is 63.6 Å². The maximum Gasteiger partial charge on any atom is 0.411 e. The third-order valence-corrected chi connectivity index (χ3v) is 3.55. The Morgan fingerprint density at radius 1 is 1.15 bits per heavy atom. The van der Waals surface area contributed by atoms with Gasteiger partial charge in [0.2, 0.25) is 0 Å². The molecular weight excluding hydrogens is 363 g/mol. The molecule has 0 bridgehead atoms. The summed E-state index contributed by atoms with van der Waals surface area (Å²) in [4.78, 5) is 23.8. The number of hydrogen-bond donors (Lipinski definition) is 1. The van der Waals surface area contributed by atoms with Crippen molar-refractivity contribution >= 4 is 5.91 Å². The Hall–Kier alpha value is -2.68. The highest BCUT2D eigenvalue weighted by atomic mass is 19.4. The van der Waals surface area contributed by atoms with Crippen molar-refractivity contribution in [2.45, 2.75) is 39.2 Å². The minimum absolute atomic E-state index is 0.139. The summed E-state index contributed by atoms with van der Waals surface area (Å²) in [5.41, 5.74) is 1.24. The van der Waals surface area contributed by atoms with Crippen LogP contribution in [-0.2, 0) is 24.4 Å². The summed E-state index contributed by atoms with van der Waals surface area (Å²) in [6.45, 7) is 1.11. The van der Waals surface area contributed by atoms with Crippen molar-refractivity contribution in [3.8, 4) is 0 Å². The Morgan fingerprint density at radius 3 is 2.44 bits per heavy atom. The maximum atomic E-state index is 12.2. The number of rotatable bonds is 8. The molecular formula is C18H20F3N3O3. The molecule has 1 N–H and O–H groups in total. The number of nitrogens with one attached hydrogen (secondary N) is 1. The highest BCUT2D eigenvalue weighted by Crippen LogP contribution is 2.15. The second-order valence-corrected chi connectivity index (χ2v) is 5.89. The Morgan fingerprint density at radius 2 is 1.81 bits per heavy atom. The average Bonchev–Trinajstić information content (AvgIpc) is 2.62. The van der Waals surface area contributed by atoms with Crippen LogP contribution in [0.3, 0.4) is 0 Å². The number of halogens is 3. The number of alkyl halides is 3. The molecule has 0 radical (unpaired) electrons. The molecule has 6 nitrogen and oxygen atoms in total. The Kier molecular flexibility index (Phi) is 7.12. The number of nitrogens with zero attached hydrogens (tertiary/aromatic N) is 2. The fourth-order valence-electron chi connectivity index (χ4n) is 2.25. The van der Waals surface area contributed by atoms with Gasteiger partial charge < -0.3 is 10.1 Å². The minimum atomic E-state index is -4.35. The van der Waals surface area contributed by atoms with E-state index in [0.29, 0.717) is 12.1 Å². The van der Waals surface area contributed by atoms with Gasteiger partial charge in [0, 0.05) is 19.2 Å². The number of amides is 1. The van der Waals surface area contributed by atoms with E-state index in [2.05, 4.69) is 15.2 Å². The lowest BCUT2D eigenvalue weighted by Crippen LogP contribution is -2.29. The number of carbonyl (C=O) groups is 1. The first-order valence-electron chi connectivity index (χ1n) is 8.37. The molecule has 27 heavy (non-hydrogen) atoms. The van der Waals surface area contributed by atoms with Gasteiger partial charge in [-0.1, -0.05) is 31.2 Å². The normalized spacial score (nSPS) is 11.4. The van der Waals surface area contributed by atoms with Crippen molar-refractivity contribution in [2.75, 3.05) is 6.61 Å². The monoisotopic (exact) mass is 383 g/mol. The van der Waals surface area contributed by atoms with Crippen LogP contribution in [0.5, 0.6) is 0 Å². The van der Waals surface area contributed by atoms with Gasteiger partial charge in [0.25, 0.3) is 11.5 Å².